The number of carboxylic acid groups (broad SMARTS) is 1. The predicted octanol–water partition coefficient (Wildman–Crippen LogP) is 1.82. The number of rotatable bonds is 8. The smallest absolute Gasteiger partial charge is 0.326 e. The second-order valence-electron chi connectivity index (χ2n) is 7.73. The van der Waals surface area contributed by atoms with Crippen LogP contribution in [0.15, 0.2) is 24.3 Å². The Balaban J connectivity index is 2.00. The fourth-order valence-electron chi connectivity index (χ4n) is 3.00. The summed E-state index contributed by atoms with van der Waals surface area (Å²) in [5.74, 6) is -1.86. The van der Waals surface area contributed by atoms with Crippen LogP contribution in [0.25, 0.3) is 0 Å². The van der Waals surface area contributed by atoms with Gasteiger partial charge >= 0.3 is 5.97 Å². The second kappa shape index (κ2) is 9.05. The number of ether oxygens (including phenoxy) is 2. The number of hydrogen-bond donors (Lipinski definition) is 2. The van der Waals surface area contributed by atoms with E-state index < -0.39 is 23.8 Å². The first-order valence-electron chi connectivity index (χ1n) is 9.23. The molecule has 2 rings (SSSR count). The largest absolute Gasteiger partial charge is 0.495 e. The molecule has 28 heavy (non-hydrogen) atoms. The lowest BCUT2D eigenvalue weighted by Gasteiger charge is -2.22. The Morgan fingerprint density at radius 1 is 1.32 bits per heavy atom. The third-order valence-electron chi connectivity index (χ3n) is 4.43. The Hall–Kier alpha value is -2.61. The van der Waals surface area contributed by atoms with E-state index in [0.717, 1.165) is 0 Å². The molecule has 1 saturated heterocycles. The maximum absolute atomic E-state index is 12.6. The molecule has 1 heterocycles. The van der Waals surface area contributed by atoms with Gasteiger partial charge in [-0.3, -0.25) is 9.59 Å². The summed E-state index contributed by atoms with van der Waals surface area (Å²) in [4.78, 5) is 38.0. The number of benzene rings is 1. The molecule has 0 aromatic heterocycles. The molecule has 2 amide bonds. The number of methoxy groups -OCH3 is 1. The number of amides is 2. The van der Waals surface area contributed by atoms with E-state index in [9.17, 15) is 19.5 Å². The molecule has 0 spiro atoms. The number of nitrogens with zero attached hydrogens (tertiary/aromatic N) is 1. The van der Waals surface area contributed by atoms with Crippen LogP contribution in [-0.4, -0.2) is 54.8 Å². The summed E-state index contributed by atoms with van der Waals surface area (Å²) in [6.07, 6.45) is 0.171. The highest BCUT2D eigenvalue weighted by atomic mass is 16.5. The third kappa shape index (κ3) is 5.69. The van der Waals surface area contributed by atoms with Crippen molar-refractivity contribution in [2.24, 2.45) is 5.92 Å². The zero-order valence-electron chi connectivity index (χ0n) is 16.7. The van der Waals surface area contributed by atoms with Crippen LogP contribution in [0.5, 0.6) is 5.75 Å². The van der Waals surface area contributed by atoms with E-state index in [2.05, 4.69) is 5.32 Å². The van der Waals surface area contributed by atoms with Gasteiger partial charge in [0, 0.05) is 26.0 Å². The van der Waals surface area contributed by atoms with Crippen LogP contribution in [0.3, 0.4) is 0 Å². The summed E-state index contributed by atoms with van der Waals surface area (Å²) < 4.78 is 10.8. The van der Waals surface area contributed by atoms with Gasteiger partial charge in [-0.2, -0.15) is 0 Å². The van der Waals surface area contributed by atoms with Crippen molar-refractivity contribution in [1.82, 2.24) is 5.32 Å². The molecule has 8 heteroatoms. The van der Waals surface area contributed by atoms with Crippen molar-refractivity contribution in [3.8, 4) is 5.75 Å². The fourth-order valence-corrected chi connectivity index (χ4v) is 3.00. The van der Waals surface area contributed by atoms with Crippen LogP contribution >= 0.6 is 0 Å². The van der Waals surface area contributed by atoms with Gasteiger partial charge in [0.05, 0.1) is 24.3 Å². The Labute approximate surface area is 164 Å². The quantitative estimate of drug-likeness (QED) is 0.699. The first kappa shape index (κ1) is 21.7. The average molecular weight is 392 g/mol. The van der Waals surface area contributed by atoms with Crippen LogP contribution in [-0.2, 0) is 19.1 Å². The third-order valence-corrected chi connectivity index (χ3v) is 4.43. The minimum absolute atomic E-state index is 0.0225. The molecule has 2 unspecified atom stereocenters. The highest BCUT2D eigenvalue weighted by Crippen LogP contribution is 2.32. The standard InChI is InChI=1S/C20H28N2O6/c1-20(2,3)28-10-9-14(19(25)26)21-18(24)13-11-17(23)22(12-13)15-7-5-6-8-16(15)27-4/h5-8,13-14H,9-12H2,1-4H3,(H,21,24)(H,25,26). The number of carbonyl (C=O) groups is 3. The highest BCUT2D eigenvalue weighted by molar-refractivity contribution is 6.01. The van der Waals surface area contributed by atoms with E-state index in [1.807, 2.05) is 20.8 Å². The van der Waals surface area contributed by atoms with Crippen molar-refractivity contribution in [3.05, 3.63) is 24.3 Å². The van der Waals surface area contributed by atoms with Crippen molar-refractivity contribution in [3.63, 3.8) is 0 Å². The molecule has 1 aromatic rings. The highest BCUT2D eigenvalue weighted by Gasteiger charge is 2.37. The Morgan fingerprint density at radius 2 is 2.00 bits per heavy atom. The minimum Gasteiger partial charge on any atom is -0.495 e. The Morgan fingerprint density at radius 3 is 2.61 bits per heavy atom. The molecule has 1 fully saturated rings. The van der Waals surface area contributed by atoms with Crippen molar-refractivity contribution in [1.29, 1.82) is 0 Å². The molecule has 0 saturated carbocycles. The summed E-state index contributed by atoms with van der Waals surface area (Å²) in [6.45, 7) is 6.00. The number of aliphatic carboxylic acids is 1. The molecule has 1 aromatic carbocycles. The number of carbonyl (C=O) groups excluding carboxylic acids is 2. The normalized spacial score (nSPS) is 18.1. The monoisotopic (exact) mass is 392 g/mol. The summed E-state index contributed by atoms with van der Waals surface area (Å²) in [7, 11) is 1.51. The summed E-state index contributed by atoms with van der Waals surface area (Å²) in [5.41, 5.74) is 0.207. The zero-order valence-corrected chi connectivity index (χ0v) is 16.7. The molecule has 2 N–H and O–H groups in total. The van der Waals surface area contributed by atoms with E-state index in [0.29, 0.717) is 11.4 Å². The van der Waals surface area contributed by atoms with Gasteiger partial charge in [-0.05, 0) is 32.9 Å². The van der Waals surface area contributed by atoms with Gasteiger partial charge in [0.25, 0.3) is 0 Å². The van der Waals surface area contributed by atoms with Crippen LogP contribution in [0.2, 0.25) is 0 Å². The lowest BCUT2D eigenvalue weighted by atomic mass is 10.1. The van der Waals surface area contributed by atoms with Gasteiger partial charge in [0.1, 0.15) is 11.8 Å². The van der Waals surface area contributed by atoms with E-state index in [4.69, 9.17) is 9.47 Å². The van der Waals surface area contributed by atoms with Crippen LogP contribution in [0.1, 0.15) is 33.6 Å². The molecular formula is C20H28N2O6. The lowest BCUT2D eigenvalue weighted by Crippen LogP contribution is -2.45. The van der Waals surface area contributed by atoms with Gasteiger partial charge in [-0.1, -0.05) is 12.1 Å². The SMILES string of the molecule is COc1ccccc1N1CC(C(=O)NC(CCOC(C)(C)C)C(=O)O)CC1=O. The van der Waals surface area contributed by atoms with Gasteiger partial charge in [-0.25, -0.2) is 4.79 Å². The molecule has 0 radical (unpaired) electrons. The van der Waals surface area contributed by atoms with Crippen LogP contribution < -0.4 is 15.0 Å². The molecule has 0 bridgehead atoms. The van der Waals surface area contributed by atoms with Crippen molar-refractivity contribution >= 4 is 23.5 Å². The predicted molar refractivity (Wildman–Crippen MR) is 103 cm³/mol. The summed E-state index contributed by atoms with van der Waals surface area (Å²) >= 11 is 0. The molecule has 0 aliphatic carbocycles. The number of anilines is 1. The number of carboxylic acids is 1. The second-order valence-corrected chi connectivity index (χ2v) is 7.73. The molecule has 2 atom stereocenters. The number of para-hydroxylation sites is 2. The maximum Gasteiger partial charge on any atom is 0.326 e. The van der Waals surface area contributed by atoms with Gasteiger partial charge in [0.2, 0.25) is 11.8 Å². The van der Waals surface area contributed by atoms with Crippen LogP contribution in [0.4, 0.5) is 5.69 Å². The lowest BCUT2D eigenvalue weighted by molar-refractivity contribution is -0.143. The Kier molecular flexibility index (Phi) is 7.01. The molecular weight excluding hydrogens is 364 g/mol. The van der Waals surface area contributed by atoms with Crippen molar-refractivity contribution < 1.29 is 29.0 Å². The first-order chi connectivity index (χ1) is 13.1. The van der Waals surface area contributed by atoms with E-state index in [1.54, 1.807) is 24.3 Å². The summed E-state index contributed by atoms with van der Waals surface area (Å²) in [5, 5.41) is 11.9. The van der Waals surface area contributed by atoms with Gasteiger partial charge in [-0.15, -0.1) is 0 Å². The first-order valence-corrected chi connectivity index (χ1v) is 9.23. The molecule has 8 nitrogen and oxygen atoms in total. The van der Waals surface area contributed by atoms with Gasteiger partial charge < -0.3 is 24.8 Å². The van der Waals surface area contributed by atoms with Gasteiger partial charge in [0.15, 0.2) is 0 Å². The molecule has 154 valence electrons. The molecule has 1 aliphatic rings. The number of nitrogens with one attached hydrogen (secondary N) is 1. The topological polar surface area (TPSA) is 105 Å². The fraction of sp³-hybridized carbons (Fsp3) is 0.550. The number of hydrogen-bond acceptors (Lipinski definition) is 5. The van der Waals surface area contributed by atoms with Crippen molar-refractivity contribution in [2.45, 2.75) is 45.3 Å². The Bertz CT molecular complexity index is 728. The van der Waals surface area contributed by atoms with Crippen LogP contribution in [0, 0.1) is 5.92 Å². The van der Waals surface area contributed by atoms with Crippen molar-refractivity contribution in [2.75, 3.05) is 25.2 Å². The average Bonchev–Trinajstić information content (AvgIpc) is 3.01. The minimum atomic E-state index is -1.13. The maximum atomic E-state index is 12.6. The summed E-state index contributed by atoms with van der Waals surface area (Å²) in [6, 6.07) is 6.01. The van der Waals surface area contributed by atoms with E-state index in [-0.39, 0.29) is 37.5 Å². The molecule has 1 aliphatic heterocycles. The van der Waals surface area contributed by atoms with E-state index in [1.165, 1.54) is 12.0 Å². The van der Waals surface area contributed by atoms with E-state index >= 15 is 0 Å². The zero-order chi connectivity index (χ0) is 20.9.